The Balaban J connectivity index is 1.38. The lowest BCUT2D eigenvalue weighted by Crippen LogP contribution is -2.32. The zero-order valence-corrected chi connectivity index (χ0v) is 21.7. The number of carbonyl (C=O) groups excluding carboxylic acids is 1. The highest BCUT2D eigenvalue weighted by Crippen LogP contribution is 2.34. The van der Waals surface area contributed by atoms with Crippen molar-refractivity contribution in [3.63, 3.8) is 0 Å². The second kappa shape index (κ2) is 11.7. The maximum absolute atomic E-state index is 13.1. The summed E-state index contributed by atoms with van der Waals surface area (Å²) in [5.74, 6) is 0.778. The number of aliphatic hydroxyl groups excluding tert-OH is 1. The summed E-state index contributed by atoms with van der Waals surface area (Å²) < 4.78 is 40.4. The molecule has 1 unspecified atom stereocenters. The fraction of sp³-hybridized carbons (Fsp3) is 0.321. The molecular weight excluding hydrogens is 494 g/mol. The molecule has 1 aliphatic rings. The number of benzene rings is 3. The van der Waals surface area contributed by atoms with Gasteiger partial charge in [0, 0.05) is 30.5 Å². The van der Waals surface area contributed by atoms with Gasteiger partial charge >= 0.3 is 0 Å². The minimum atomic E-state index is -3.32. The quantitative estimate of drug-likeness (QED) is 0.407. The smallest absolute Gasteiger partial charge is 0.268 e. The Hall–Kier alpha value is -3.56. The summed E-state index contributed by atoms with van der Waals surface area (Å²) in [7, 11) is -1.85. The molecule has 1 amide bonds. The zero-order valence-electron chi connectivity index (χ0n) is 20.9. The van der Waals surface area contributed by atoms with Gasteiger partial charge in [0.05, 0.1) is 12.9 Å². The number of carbonyl (C=O) groups is 1. The summed E-state index contributed by atoms with van der Waals surface area (Å²) in [5.41, 5.74) is 2.81. The van der Waals surface area contributed by atoms with Crippen LogP contribution in [-0.4, -0.2) is 63.4 Å². The zero-order chi connectivity index (χ0) is 26.4. The molecule has 1 heterocycles. The van der Waals surface area contributed by atoms with E-state index in [9.17, 15) is 18.3 Å². The minimum Gasteiger partial charge on any atom is -0.493 e. The highest BCUT2D eigenvalue weighted by molar-refractivity contribution is 7.91. The van der Waals surface area contributed by atoms with E-state index in [0.717, 1.165) is 11.1 Å². The van der Waals surface area contributed by atoms with Crippen LogP contribution in [0.5, 0.6) is 17.2 Å². The summed E-state index contributed by atoms with van der Waals surface area (Å²) in [4.78, 5) is 14.7. The molecule has 3 aromatic rings. The van der Waals surface area contributed by atoms with Crippen molar-refractivity contribution in [2.45, 2.75) is 25.6 Å². The number of anilines is 1. The molecule has 0 aromatic heterocycles. The lowest BCUT2D eigenvalue weighted by molar-refractivity contribution is -0.122. The number of methoxy groups -OCH3 is 1. The Bertz CT molecular complexity index is 1310. The monoisotopic (exact) mass is 525 g/mol. The van der Waals surface area contributed by atoms with Crippen LogP contribution in [0.15, 0.2) is 72.8 Å². The van der Waals surface area contributed by atoms with E-state index < -0.39 is 22.0 Å². The van der Waals surface area contributed by atoms with E-state index in [-0.39, 0.29) is 24.0 Å². The van der Waals surface area contributed by atoms with Gasteiger partial charge in [-0.1, -0.05) is 49.4 Å². The first-order chi connectivity index (χ1) is 17.8. The van der Waals surface area contributed by atoms with Crippen molar-refractivity contribution in [1.29, 1.82) is 0 Å². The van der Waals surface area contributed by atoms with Crippen LogP contribution in [0.3, 0.4) is 0 Å². The fourth-order valence-electron chi connectivity index (χ4n) is 4.13. The first kappa shape index (κ1) is 26.5. The number of ether oxygens (including phenoxy) is 3. The molecule has 37 heavy (non-hydrogen) atoms. The van der Waals surface area contributed by atoms with Gasteiger partial charge in [0.1, 0.15) is 18.5 Å². The van der Waals surface area contributed by atoms with Crippen LogP contribution in [0.4, 0.5) is 5.69 Å². The van der Waals surface area contributed by atoms with Crippen LogP contribution >= 0.6 is 0 Å². The summed E-state index contributed by atoms with van der Waals surface area (Å²) >= 11 is 0. The molecule has 0 bridgehead atoms. The van der Waals surface area contributed by atoms with Crippen LogP contribution < -0.4 is 19.1 Å². The lowest BCUT2D eigenvalue weighted by atomic mass is 10.1. The second-order valence-electron chi connectivity index (χ2n) is 8.77. The van der Waals surface area contributed by atoms with Gasteiger partial charge in [-0.2, -0.15) is 0 Å². The molecule has 9 heteroatoms. The van der Waals surface area contributed by atoms with E-state index in [1.807, 2.05) is 54.6 Å². The van der Waals surface area contributed by atoms with E-state index in [4.69, 9.17) is 14.2 Å². The summed E-state index contributed by atoms with van der Waals surface area (Å²) in [6.45, 7) is 1.82. The molecule has 0 spiro atoms. The fourth-order valence-corrected chi connectivity index (χ4v) is 5.05. The molecule has 1 aliphatic heterocycles. The van der Waals surface area contributed by atoms with Gasteiger partial charge in [0.15, 0.2) is 27.4 Å². The number of aliphatic hydroxyl groups is 1. The molecule has 4 rings (SSSR count). The van der Waals surface area contributed by atoms with Crippen molar-refractivity contribution < 1.29 is 32.5 Å². The van der Waals surface area contributed by atoms with Gasteiger partial charge in [0.2, 0.25) is 0 Å². The van der Waals surface area contributed by atoms with Gasteiger partial charge < -0.3 is 24.2 Å². The molecule has 0 aliphatic carbocycles. The Morgan fingerprint density at radius 2 is 1.70 bits per heavy atom. The van der Waals surface area contributed by atoms with Crippen LogP contribution in [0, 0.1) is 0 Å². The Labute approximate surface area is 217 Å². The third kappa shape index (κ3) is 6.61. The maximum atomic E-state index is 13.1. The van der Waals surface area contributed by atoms with Gasteiger partial charge in [-0.05, 0) is 35.4 Å². The van der Waals surface area contributed by atoms with Gasteiger partial charge in [-0.15, -0.1) is 0 Å². The van der Waals surface area contributed by atoms with Crippen LogP contribution in [0.25, 0.3) is 11.1 Å². The lowest BCUT2D eigenvalue weighted by Gasteiger charge is -2.20. The summed E-state index contributed by atoms with van der Waals surface area (Å²) in [6, 6.07) is 22.8. The van der Waals surface area contributed by atoms with Crippen LogP contribution in [0.2, 0.25) is 0 Å². The largest absolute Gasteiger partial charge is 0.493 e. The van der Waals surface area contributed by atoms with E-state index in [1.54, 1.807) is 23.1 Å². The third-order valence-electron chi connectivity index (χ3n) is 6.17. The topological polar surface area (TPSA) is 102 Å². The molecule has 2 atom stereocenters. The average Bonchev–Trinajstić information content (AvgIpc) is 3.27. The first-order valence-electron chi connectivity index (χ1n) is 12.1. The first-order valence-corrected chi connectivity index (χ1v) is 13.9. The number of rotatable bonds is 11. The number of sulfone groups is 1. The third-order valence-corrected chi connectivity index (χ3v) is 7.94. The number of hydrogen-bond acceptors (Lipinski definition) is 7. The van der Waals surface area contributed by atoms with E-state index in [0.29, 0.717) is 35.9 Å². The van der Waals surface area contributed by atoms with Crippen molar-refractivity contribution in [3.05, 3.63) is 72.8 Å². The molecule has 1 saturated heterocycles. The van der Waals surface area contributed by atoms with Gasteiger partial charge in [-0.3, -0.25) is 4.79 Å². The molecule has 1 N–H and O–H groups in total. The minimum absolute atomic E-state index is 0.0460. The second-order valence-corrected chi connectivity index (χ2v) is 11.2. The Morgan fingerprint density at radius 1 is 1.00 bits per heavy atom. The molecule has 8 nitrogen and oxygen atoms in total. The molecule has 0 saturated carbocycles. The molecular formula is C28H31NO7S. The molecule has 196 valence electrons. The highest BCUT2D eigenvalue weighted by atomic mass is 32.2. The van der Waals surface area contributed by atoms with E-state index in [1.165, 1.54) is 14.0 Å². The molecule has 1 fully saturated rings. The normalized spacial score (nSPS) is 16.5. The SMILES string of the molecule is CCS(=O)(=O)C[C@H](O)COc1ccc(N2CCC(Oc3ccc(-c4ccccc4)cc3)C2=O)cc1OC. The van der Waals surface area contributed by atoms with Crippen LogP contribution in [0.1, 0.15) is 13.3 Å². The molecule has 0 radical (unpaired) electrons. The Morgan fingerprint density at radius 3 is 2.38 bits per heavy atom. The number of nitrogens with zero attached hydrogens (tertiary/aromatic N) is 1. The number of amides is 1. The molecule has 3 aromatic carbocycles. The van der Waals surface area contributed by atoms with Gasteiger partial charge in [-0.25, -0.2) is 8.42 Å². The maximum Gasteiger partial charge on any atom is 0.268 e. The summed E-state index contributed by atoms with van der Waals surface area (Å²) in [5, 5.41) is 10.0. The summed E-state index contributed by atoms with van der Waals surface area (Å²) in [6.07, 6.45) is -1.22. The van der Waals surface area contributed by atoms with E-state index >= 15 is 0 Å². The van der Waals surface area contributed by atoms with Crippen molar-refractivity contribution in [1.82, 2.24) is 0 Å². The van der Waals surface area contributed by atoms with Crippen molar-refractivity contribution in [2.75, 3.05) is 36.7 Å². The standard InChI is InChI=1S/C28H31NO7S/c1-3-37(32,33)19-23(30)18-35-25-14-11-22(17-27(25)34-2)29-16-15-26(28(29)31)36-24-12-9-21(10-13-24)20-7-5-4-6-8-20/h4-14,17,23,26,30H,3,15-16,18-19H2,1-2H3/t23-,26?/m1/s1. The Kier molecular flexibility index (Phi) is 8.35. The predicted octanol–water partition coefficient (Wildman–Crippen LogP) is 3.72. The van der Waals surface area contributed by atoms with Gasteiger partial charge in [0.25, 0.3) is 5.91 Å². The number of hydrogen-bond donors (Lipinski definition) is 1. The van der Waals surface area contributed by atoms with Crippen LogP contribution in [-0.2, 0) is 14.6 Å². The van der Waals surface area contributed by atoms with Crippen molar-refractivity contribution >= 4 is 21.4 Å². The van der Waals surface area contributed by atoms with Crippen molar-refractivity contribution in [2.24, 2.45) is 0 Å². The average molecular weight is 526 g/mol. The van der Waals surface area contributed by atoms with Crippen molar-refractivity contribution in [3.8, 4) is 28.4 Å². The van der Waals surface area contributed by atoms with E-state index in [2.05, 4.69) is 0 Å². The predicted molar refractivity (Wildman–Crippen MR) is 142 cm³/mol. The highest BCUT2D eigenvalue weighted by Gasteiger charge is 2.34.